The van der Waals surface area contributed by atoms with Crippen molar-refractivity contribution in [2.75, 3.05) is 0 Å². The summed E-state index contributed by atoms with van der Waals surface area (Å²) in [7, 11) is 0. The minimum absolute atomic E-state index is 0.193. The van der Waals surface area contributed by atoms with Gasteiger partial charge in [-0.05, 0) is 17.7 Å². The largest absolute Gasteiger partial charge is 0.502 e. The lowest BCUT2D eigenvalue weighted by Gasteiger charge is -1.98. The lowest BCUT2D eigenvalue weighted by molar-refractivity contribution is -0.385. The Hall–Kier alpha value is -2.95. The van der Waals surface area contributed by atoms with Crippen LogP contribution in [0, 0.1) is 10.1 Å². The Morgan fingerprint density at radius 2 is 1.85 bits per heavy atom. The first-order chi connectivity index (χ1) is 9.58. The van der Waals surface area contributed by atoms with Gasteiger partial charge in [-0.15, -0.1) is 0 Å². The number of allylic oxidation sites excluding steroid dienone is 1. The van der Waals surface area contributed by atoms with Gasteiger partial charge in [-0.1, -0.05) is 42.5 Å². The van der Waals surface area contributed by atoms with Crippen LogP contribution in [-0.2, 0) is 0 Å². The maximum absolute atomic E-state index is 11.8. The molecule has 5 heteroatoms. The molecular formula is C15H11NO4. The molecule has 5 nitrogen and oxygen atoms in total. The molecule has 0 fully saturated rings. The Morgan fingerprint density at radius 3 is 2.50 bits per heavy atom. The molecule has 2 aromatic carbocycles. The lowest BCUT2D eigenvalue weighted by Crippen LogP contribution is -1.93. The Morgan fingerprint density at radius 1 is 1.15 bits per heavy atom. The van der Waals surface area contributed by atoms with E-state index in [9.17, 15) is 20.0 Å². The molecule has 0 saturated carbocycles. The third kappa shape index (κ3) is 3.08. The van der Waals surface area contributed by atoms with Crippen molar-refractivity contribution in [2.45, 2.75) is 0 Å². The van der Waals surface area contributed by atoms with E-state index in [0.717, 1.165) is 0 Å². The zero-order valence-corrected chi connectivity index (χ0v) is 10.4. The number of carbonyl (C=O) groups excluding carboxylic acids is 1. The highest BCUT2D eigenvalue weighted by atomic mass is 16.6. The first-order valence-electron chi connectivity index (χ1n) is 5.83. The summed E-state index contributed by atoms with van der Waals surface area (Å²) in [5, 5.41) is 20.0. The first kappa shape index (κ1) is 13.5. The van der Waals surface area contributed by atoms with Crippen LogP contribution in [0.1, 0.15) is 15.9 Å². The fourth-order valence-electron chi connectivity index (χ4n) is 1.66. The number of ketones is 1. The quantitative estimate of drug-likeness (QED) is 0.400. The van der Waals surface area contributed by atoms with Crippen molar-refractivity contribution in [3.63, 3.8) is 0 Å². The van der Waals surface area contributed by atoms with Gasteiger partial charge < -0.3 is 5.11 Å². The van der Waals surface area contributed by atoms with Crippen LogP contribution in [0.5, 0.6) is 5.75 Å². The molecule has 0 bridgehead atoms. The minimum atomic E-state index is -0.675. The van der Waals surface area contributed by atoms with Gasteiger partial charge in [0.1, 0.15) is 0 Å². The third-order valence-corrected chi connectivity index (χ3v) is 2.68. The summed E-state index contributed by atoms with van der Waals surface area (Å²) >= 11 is 0. The zero-order valence-electron chi connectivity index (χ0n) is 10.4. The van der Waals surface area contributed by atoms with Gasteiger partial charge in [0.25, 0.3) is 0 Å². The number of phenolic OH excluding ortho intramolecular Hbond substituents is 1. The molecule has 0 aromatic heterocycles. The summed E-state index contributed by atoms with van der Waals surface area (Å²) in [5.74, 6) is -0.595. The van der Waals surface area contributed by atoms with Gasteiger partial charge in [0.05, 0.1) is 4.92 Å². The van der Waals surface area contributed by atoms with Gasteiger partial charge in [0, 0.05) is 11.6 Å². The van der Waals surface area contributed by atoms with E-state index < -0.39 is 10.7 Å². The summed E-state index contributed by atoms with van der Waals surface area (Å²) in [5.41, 5.74) is 0.620. The molecular weight excluding hydrogens is 258 g/mol. The number of nitro groups is 1. The Bertz CT molecular complexity index is 678. The molecule has 2 rings (SSSR count). The number of rotatable bonds is 4. The summed E-state index contributed by atoms with van der Waals surface area (Å²) in [6.45, 7) is 0. The van der Waals surface area contributed by atoms with Crippen LogP contribution in [0.3, 0.4) is 0 Å². The Labute approximate surface area is 115 Å². The standard InChI is InChI=1S/C15H11NO4/c17-14(12-4-2-1-3-5-12)8-6-11-7-9-15(18)13(10-11)16(19)20/h1-10,18H/b8-6+. The van der Waals surface area contributed by atoms with Crippen LogP contribution in [0.2, 0.25) is 0 Å². The van der Waals surface area contributed by atoms with Crippen molar-refractivity contribution in [3.8, 4) is 5.75 Å². The molecule has 100 valence electrons. The molecule has 0 atom stereocenters. The first-order valence-corrected chi connectivity index (χ1v) is 5.83. The Kier molecular flexibility index (Phi) is 3.91. The Balaban J connectivity index is 2.22. The van der Waals surface area contributed by atoms with Gasteiger partial charge in [0.2, 0.25) is 0 Å². The monoisotopic (exact) mass is 269 g/mol. The van der Waals surface area contributed by atoms with E-state index in [4.69, 9.17) is 0 Å². The second kappa shape index (κ2) is 5.79. The lowest BCUT2D eigenvalue weighted by atomic mass is 10.1. The zero-order chi connectivity index (χ0) is 14.5. The average molecular weight is 269 g/mol. The fourth-order valence-corrected chi connectivity index (χ4v) is 1.66. The molecule has 0 aliphatic carbocycles. The van der Waals surface area contributed by atoms with E-state index in [2.05, 4.69) is 0 Å². The average Bonchev–Trinajstić information content (AvgIpc) is 2.46. The van der Waals surface area contributed by atoms with Gasteiger partial charge >= 0.3 is 5.69 Å². The smallest absolute Gasteiger partial charge is 0.311 e. The van der Waals surface area contributed by atoms with Crippen molar-refractivity contribution in [1.82, 2.24) is 0 Å². The normalized spacial score (nSPS) is 10.6. The summed E-state index contributed by atoms with van der Waals surface area (Å²) in [6.07, 6.45) is 2.81. The molecule has 2 aromatic rings. The van der Waals surface area contributed by atoms with Crippen LogP contribution in [-0.4, -0.2) is 15.8 Å². The maximum atomic E-state index is 11.8. The van der Waals surface area contributed by atoms with Crippen LogP contribution < -0.4 is 0 Å². The number of nitrogens with zero attached hydrogens (tertiary/aromatic N) is 1. The highest BCUT2D eigenvalue weighted by molar-refractivity contribution is 6.06. The van der Waals surface area contributed by atoms with E-state index in [-0.39, 0.29) is 11.5 Å². The van der Waals surface area contributed by atoms with Crippen molar-refractivity contribution in [2.24, 2.45) is 0 Å². The van der Waals surface area contributed by atoms with E-state index in [0.29, 0.717) is 11.1 Å². The third-order valence-electron chi connectivity index (χ3n) is 2.68. The second-order valence-corrected chi connectivity index (χ2v) is 4.07. The van der Waals surface area contributed by atoms with Gasteiger partial charge in [-0.25, -0.2) is 0 Å². The number of hydrogen-bond acceptors (Lipinski definition) is 4. The number of hydrogen-bond donors (Lipinski definition) is 1. The van der Waals surface area contributed by atoms with Crippen LogP contribution in [0.15, 0.2) is 54.6 Å². The molecule has 0 spiro atoms. The molecule has 1 N–H and O–H groups in total. The van der Waals surface area contributed by atoms with Crippen molar-refractivity contribution in [1.29, 1.82) is 0 Å². The summed E-state index contributed by atoms with van der Waals surface area (Å²) in [6, 6.07) is 12.6. The minimum Gasteiger partial charge on any atom is -0.502 e. The van der Waals surface area contributed by atoms with Crippen molar-refractivity contribution >= 4 is 17.5 Å². The highest BCUT2D eigenvalue weighted by Gasteiger charge is 2.12. The topological polar surface area (TPSA) is 80.4 Å². The van der Waals surface area contributed by atoms with Gasteiger partial charge in [-0.3, -0.25) is 14.9 Å². The van der Waals surface area contributed by atoms with E-state index >= 15 is 0 Å². The summed E-state index contributed by atoms with van der Waals surface area (Å²) < 4.78 is 0. The van der Waals surface area contributed by atoms with Crippen LogP contribution in [0.25, 0.3) is 6.08 Å². The van der Waals surface area contributed by atoms with E-state index in [1.807, 2.05) is 6.07 Å². The fraction of sp³-hybridized carbons (Fsp3) is 0. The van der Waals surface area contributed by atoms with Crippen LogP contribution in [0.4, 0.5) is 5.69 Å². The number of aromatic hydroxyl groups is 1. The van der Waals surface area contributed by atoms with Crippen molar-refractivity contribution in [3.05, 3.63) is 75.8 Å². The molecule has 0 aliphatic rings. The predicted octanol–water partition coefficient (Wildman–Crippen LogP) is 3.20. The van der Waals surface area contributed by atoms with E-state index in [1.54, 1.807) is 24.3 Å². The number of phenols is 1. The maximum Gasteiger partial charge on any atom is 0.311 e. The molecule has 0 aliphatic heterocycles. The van der Waals surface area contributed by atoms with E-state index in [1.165, 1.54) is 30.4 Å². The van der Waals surface area contributed by atoms with Gasteiger partial charge in [-0.2, -0.15) is 0 Å². The molecule has 20 heavy (non-hydrogen) atoms. The van der Waals surface area contributed by atoms with Gasteiger partial charge in [0.15, 0.2) is 11.5 Å². The number of carbonyl (C=O) groups is 1. The molecule has 0 unspecified atom stereocenters. The molecule has 0 radical (unpaired) electrons. The highest BCUT2D eigenvalue weighted by Crippen LogP contribution is 2.26. The molecule has 0 saturated heterocycles. The molecule has 0 heterocycles. The SMILES string of the molecule is O=C(/C=C/c1ccc(O)c([N+](=O)[O-])c1)c1ccccc1. The van der Waals surface area contributed by atoms with Crippen LogP contribution >= 0.6 is 0 Å². The summed E-state index contributed by atoms with van der Waals surface area (Å²) in [4.78, 5) is 21.8. The number of benzene rings is 2. The predicted molar refractivity (Wildman–Crippen MR) is 74.6 cm³/mol. The molecule has 0 amide bonds. The van der Waals surface area contributed by atoms with Crippen molar-refractivity contribution < 1.29 is 14.8 Å². The second-order valence-electron chi connectivity index (χ2n) is 4.07. The number of nitro benzene ring substituents is 1.